The average Bonchev–Trinajstić information content (AvgIpc) is 3.17. The maximum absolute atomic E-state index is 14.6. The molecule has 0 spiro atoms. The summed E-state index contributed by atoms with van der Waals surface area (Å²) in [6.07, 6.45) is -0.723. The number of hydrogen-bond donors (Lipinski definition) is 1. The first-order valence-corrected chi connectivity index (χ1v) is 12.1. The van der Waals surface area contributed by atoms with Crippen LogP contribution in [0.2, 0.25) is 0 Å². The number of benzene rings is 2. The monoisotopic (exact) mass is 390 g/mol. The van der Waals surface area contributed by atoms with Crippen LogP contribution in [-0.2, 0) is 4.57 Å². The largest absolute Gasteiger partial charge is 0.388 e. The molecule has 1 N–H and O–H groups in total. The first-order valence-electron chi connectivity index (χ1n) is 8.45. The fourth-order valence-corrected chi connectivity index (χ4v) is 9.45. The number of aliphatic hydroxyl groups excluding tert-OH is 1. The molecule has 0 aromatic heterocycles. The molecule has 25 heavy (non-hydrogen) atoms. The van der Waals surface area contributed by atoms with Gasteiger partial charge < -0.3 is 9.67 Å². The van der Waals surface area contributed by atoms with Gasteiger partial charge in [-0.25, -0.2) is 0 Å². The minimum atomic E-state index is -3.11. The molecule has 1 atom stereocenters. The molecular formula is C20H23O2PS2. The molecule has 3 rings (SSSR count). The Kier molecular flexibility index (Phi) is 6.17. The van der Waals surface area contributed by atoms with Gasteiger partial charge in [0.25, 0.3) is 0 Å². The summed E-state index contributed by atoms with van der Waals surface area (Å²) in [4.78, 5) is 0. The molecule has 1 aliphatic rings. The Hall–Kier alpha value is -0.930. The number of thioether (sulfide) groups is 2. The maximum Gasteiger partial charge on any atom is 0.171 e. The fraction of sp³-hybridized carbons (Fsp3) is 0.300. The summed E-state index contributed by atoms with van der Waals surface area (Å²) in [6.45, 7) is 3.96. The first kappa shape index (κ1) is 18.8. The van der Waals surface area contributed by atoms with Crippen molar-refractivity contribution in [3.05, 3.63) is 70.2 Å². The van der Waals surface area contributed by atoms with Crippen LogP contribution in [0.15, 0.2) is 70.2 Å². The zero-order valence-corrected chi connectivity index (χ0v) is 17.0. The molecule has 5 heteroatoms. The van der Waals surface area contributed by atoms with Gasteiger partial charge in [0, 0.05) is 27.4 Å². The lowest BCUT2D eigenvalue weighted by Gasteiger charge is -2.29. The smallest absolute Gasteiger partial charge is 0.171 e. The molecule has 1 fully saturated rings. The SMILES string of the molecule is CC(C)C(O)C(=C1SCCS1)P(=O)(c1ccccc1)c1ccccc1. The Bertz CT molecular complexity index is 736. The van der Waals surface area contributed by atoms with E-state index in [-0.39, 0.29) is 5.92 Å². The Labute approximate surface area is 158 Å². The zero-order chi connectivity index (χ0) is 17.9. The van der Waals surface area contributed by atoms with Gasteiger partial charge in [-0.3, -0.25) is 0 Å². The Morgan fingerprint density at radius 1 is 0.920 bits per heavy atom. The third-order valence-corrected chi connectivity index (χ3v) is 10.5. The van der Waals surface area contributed by atoms with E-state index in [0.29, 0.717) is 5.31 Å². The molecule has 1 heterocycles. The number of hydrogen-bond acceptors (Lipinski definition) is 4. The molecule has 2 aromatic rings. The molecule has 0 amide bonds. The predicted molar refractivity (Wildman–Crippen MR) is 113 cm³/mol. The van der Waals surface area contributed by atoms with Crippen molar-refractivity contribution in [1.29, 1.82) is 0 Å². The van der Waals surface area contributed by atoms with Crippen molar-refractivity contribution in [2.75, 3.05) is 11.5 Å². The van der Waals surface area contributed by atoms with Crippen molar-refractivity contribution in [3.8, 4) is 0 Å². The summed E-state index contributed by atoms with van der Waals surface area (Å²) in [5.74, 6) is 2.00. The molecular weight excluding hydrogens is 367 g/mol. The molecule has 0 radical (unpaired) electrons. The van der Waals surface area contributed by atoms with E-state index in [1.807, 2.05) is 74.5 Å². The van der Waals surface area contributed by atoms with Crippen LogP contribution >= 0.6 is 30.7 Å². The van der Waals surface area contributed by atoms with Crippen LogP contribution in [0.1, 0.15) is 13.8 Å². The highest BCUT2D eigenvalue weighted by atomic mass is 32.2. The van der Waals surface area contributed by atoms with Gasteiger partial charge in [-0.05, 0) is 5.92 Å². The van der Waals surface area contributed by atoms with E-state index in [9.17, 15) is 9.67 Å². The highest BCUT2D eigenvalue weighted by Crippen LogP contribution is 2.59. The Morgan fingerprint density at radius 2 is 1.36 bits per heavy atom. The average molecular weight is 391 g/mol. The van der Waals surface area contributed by atoms with Crippen LogP contribution in [-0.4, -0.2) is 22.7 Å². The number of aliphatic hydroxyl groups is 1. The normalized spacial score (nSPS) is 16.2. The van der Waals surface area contributed by atoms with E-state index in [4.69, 9.17) is 0 Å². The van der Waals surface area contributed by atoms with Crippen LogP contribution in [0.4, 0.5) is 0 Å². The lowest BCUT2D eigenvalue weighted by molar-refractivity contribution is 0.167. The minimum Gasteiger partial charge on any atom is -0.388 e. The van der Waals surface area contributed by atoms with E-state index in [2.05, 4.69) is 0 Å². The van der Waals surface area contributed by atoms with Crippen LogP contribution < -0.4 is 10.6 Å². The molecule has 1 aliphatic heterocycles. The van der Waals surface area contributed by atoms with Gasteiger partial charge in [0.15, 0.2) is 7.14 Å². The van der Waals surface area contributed by atoms with E-state index < -0.39 is 13.2 Å². The standard InChI is InChI=1S/C20H23O2PS2/c1-15(2)18(21)19(20-24-13-14-25-20)23(22,16-9-5-3-6-10-16)17-11-7-4-8-12-17/h3-12,15,18,21H,13-14H2,1-2H3. The summed E-state index contributed by atoms with van der Waals surface area (Å²) in [6, 6.07) is 19.2. The fourth-order valence-electron chi connectivity index (χ4n) is 2.91. The van der Waals surface area contributed by atoms with Crippen LogP contribution in [0.5, 0.6) is 0 Å². The first-order chi connectivity index (χ1) is 12.0. The molecule has 0 bridgehead atoms. The van der Waals surface area contributed by atoms with E-state index in [1.54, 1.807) is 23.5 Å². The van der Waals surface area contributed by atoms with E-state index in [0.717, 1.165) is 26.4 Å². The Balaban J connectivity index is 2.29. The summed E-state index contributed by atoms with van der Waals surface area (Å²) in [7, 11) is -3.11. The third-order valence-electron chi connectivity index (χ3n) is 4.25. The molecule has 0 aliphatic carbocycles. The van der Waals surface area contributed by atoms with Crippen molar-refractivity contribution in [1.82, 2.24) is 0 Å². The van der Waals surface area contributed by atoms with Gasteiger partial charge in [-0.1, -0.05) is 74.5 Å². The van der Waals surface area contributed by atoms with Crippen molar-refractivity contribution < 1.29 is 9.67 Å². The van der Waals surface area contributed by atoms with E-state index in [1.165, 1.54) is 0 Å². The zero-order valence-electron chi connectivity index (χ0n) is 14.5. The van der Waals surface area contributed by atoms with Gasteiger partial charge in [0.1, 0.15) is 0 Å². The van der Waals surface area contributed by atoms with Crippen LogP contribution in [0, 0.1) is 5.92 Å². The Morgan fingerprint density at radius 3 is 1.76 bits per heavy atom. The third kappa shape index (κ3) is 3.78. The molecule has 132 valence electrons. The second kappa shape index (κ2) is 8.18. The second-order valence-electron chi connectivity index (χ2n) is 6.34. The highest BCUT2D eigenvalue weighted by Gasteiger charge is 2.40. The topological polar surface area (TPSA) is 37.3 Å². The summed E-state index contributed by atoms with van der Waals surface area (Å²) < 4.78 is 15.6. The van der Waals surface area contributed by atoms with Crippen LogP contribution in [0.25, 0.3) is 0 Å². The quantitative estimate of drug-likeness (QED) is 0.753. The predicted octanol–water partition coefficient (Wildman–Crippen LogP) is 4.67. The van der Waals surface area contributed by atoms with Gasteiger partial charge >= 0.3 is 0 Å². The summed E-state index contributed by atoms with van der Waals surface area (Å²) in [5, 5.41) is 13.3. The summed E-state index contributed by atoms with van der Waals surface area (Å²) >= 11 is 3.45. The molecule has 2 nitrogen and oxygen atoms in total. The molecule has 1 unspecified atom stereocenters. The van der Waals surface area contributed by atoms with Gasteiger partial charge in [-0.15, -0.1) is 23.5 Å². The van der Waals surface area contributed by atoms with Crippen molar-refractivity contribution in [2.45, 2.75) is 20.0 Å². The summed E-state index contributed by atoms with van der Waals surface area (Å²) in [5.41, 5.74) is 0. The van der Waals surface area contributed by atoms with Gasteiger partial charge in [0.05, 0.1) is 10.3 Å². The minimum absolute atomic E-state index is 0.00468. The second-order valence-corrected chi connectivity index (χ2v) is 11.5. The highest BCUT2D eigenvalue weighted by molar-refractivity contribution is 8.25. The number of rotatable bonds is 5. The molecule has 0 saturated carbocycles. The lowest BCUT2D eigenvalue weighted by Crippen LogP contribution is -2.27. The van der Waals surface area contributed by atoms with Gasteiger partial charge in [-0.2, -0.15) is 0 Å². The van der Waals surface area contributed by atoms with Crippen molar-refractivity contribution in [2.24, 2.45) is 5.92 Å². The van der Waals surface area contributed by atoms with E-state index >= 15 is 0 Å². The molecule has 1 saturated heterocycles. The van der Waals surface area contributed by atoms with Crippen LogP contribution in [0.3, 0.4) is 0 Å². The van der Waals surface area contributed by atoms with Crippen molar-refractivity contribution >= 4 is 41.3 Å². The van der Waals surface area contributed by atoms with Gasteiger partial charge in [0.2, 0.25) is 0 Å². The van der Waals surface area contributed by atoms with Crippen molar-refractivity contribution in [3.63, 3.8) is 0 Å². The molecule has 2 aromatic carbocycles. The maximum atomic E-state index is 14.6. The lowest BCUT2D eigenvalue weighted by atomic mass is 10.1.